The molecule has 1 aromatic heterocycles. The molecule has 0 unspecified atom stereocenters. The zero-order chi connectivity index (χ0) is 23.3. The molecule has 9 heteroatoms. The number of carbonyl (C=O) groups is 1. The van der Waals surface area contributed by atoms with Crippen LogP contribution in [-0.4, -0.2) is 31.0 Å². The zero-order valence-corrected chi connectivity index (χ0v) is 18.6. The predicted molar refractivity (Wildman–Crippen MR) is 126 cm³/mol. The number of hydrogen-bond acceptors (Lipinski definition) is 5. The van der Waals surface area contributed by atoms with Crippen LogP contribution in [0.5, 0.6) is 5.75 Å². The van der Waals surface area contributed by atoms with Crippen LogP contribution in [0.15, 0.2) is 96.4 Å². The molecule has 0 aliphatic heterocycles. The van der Waals surface area contributed by atoms with Crippen LogP contribution in [0.3, 0.4) is 0 Å². The number of aromatic nitrogens is 2. The van der Waals surface area contributed by atoms with Gasteiger partial charge < -0.3 is 14.6 Å². The first-order chi connectivity index (χ1) is 15.9. The molecule has 8 nitrogen and oxygen atoms in total. The molecule has 1 heterocycles. The number of ether oxygens (including phenoxy) is 1. The third-order valence-electron chi connectivity index (χ3n) is 4.89. The molecule has 0 bridgehead atoms. The number of amides is 1. The highest BCUT2D eigenvalue weighted by Crippen LogP contribution is 2.26. The van der Waals surface area contributed by atoms with Gasteiger partial charge >= 0.3 is 0 Å². The molecular weight excluding hydrogens is 440 g/mol. The lowest BCUT2D eigenvalue weighted by Gasteiger charge is -2.12. The summed E-state index contributed by atoms with van der Waals surface area (Å²) in [5.41, 5.74) is 2.32. The Kier molecular flexibility index (Phi) is 6.41. The molecule has 0 saturated carbocycles. The number of methoxy groups -OCH3 is 1. The van der Waals surface area contributed by atoms with Crippen LogP contribution in [-0.2, 0) is 16.6 Å². The van der Waals surface area contributed by atoms with E-state index >= 15 is 0 Å². The third kappa shape index (κ3) is 5.39. The van der Waals surface area contributed by atoms with Crippen molar-refractivity contribution in [2.24, 2.45) is 0 Å². The quantitative estimate of drug-likeness (QED) is 0.412. The molecule has 168 valence electrons. The van der Waals surface area contributed by atoms with Gasteiger partial charge in [-0.2, -0.15) is 0 Å². The van der Waals surface area contributed by atoms with Gasteiger partial charge in [0, 0.05) is 30.2 Å². The van der Waals surface area contributed by atoms with Gasteiger partial charge in [0.25, 0.3) is 15.9 Å². The highest BCUT2D eigenvalue weighted by atomic mass is 32.2. The second kappa shape index (κ2) is 9.58. The van der Waals surface area contributed by atoms with E-state index < -0.39 is 10.0 Å². The van der Waals surface area contributed by atoms with Crippen LogP contribution in [0.4, 0.5) is 11.4 Å². The highest BCUT2D eigenvalue weighted by molar-refractivity contribution is 7.92. The van der Waals surface area contributed by atoms with Crippen molar-refractivity contribution < 1.29 is 17.9 Å². The Bertz CT molecular complexity index is 1350. The van der Waals surface area contributed by atoms with Gasteiger partial charge in [-0.15, -0.1) is 0 Å². The first-order valence-electron chi connectivity index (χ1n) is 10.1. The van der Waals surface area contributed by atoms with Crippen LogP contribution >= 0.6 is 0 Å². The molecule has 4 aromatic rings. The van der Waals surface area contributed by atoms with Crippen molar-refractivity contribution in [1.82, 2.24) is 9.55 Å². The van der Waals surface area contributed by atoms with Gasteiger partial charge in [0.1, 0.15) is 5.75 Å². The van der Waals surface area contributed by atoms with Crippen LogP contribution in [0.2, 0.25) is 0 Å². The summed E-state index contributed by atoms with van der Waals surface area (Å²) in [6, 6.07) is 20.0. The normalized spacial score (nSPS) is 11.1. The van der Waals surface area contributed by atoms with Gasteiger partial charge in [-0.1, -0.05) is 24.3 Å². The van der Waals surface area contributed by atoms with Gasteiger partial charge in [-0.3, -0.25) is 9.52 Å². The summed E-state index contributed by atoms with van der Waals surface area (Å²) in [6.45, 7) is 0.634. The van der Waals surface area contributed by atoms with Crippen LogP contribution in [0.1, 0.15) is 15.9 Å². The predicted octanol–water partition coefficient (Wildman–Crippen LogP) is 3.99. The number of anilines is 2. The molecule has 0 aliphatic rings. The molecular formula is C24H22N4O4S. The number of nitrogens with zero attached hydrogens (tertiary/aromatic N) is 2. The van der Waals surface area contributed by atoms with Crippen molar-refractivity contribution >= 4 is 27.3 Å². The number of sulfonamides is 1. The Morgan fingerprint density at radius 1 is 1.03 bits per heavy atom. The molecule has 0 aliphatic carbocycles. The number of para-hydroxylation sites is 2. The fraction of sp³-hybridized carbons (Fsp3) is 0.0833. The smallest absolute Gasteiger partial charge is 0.262 e. The monoisotopic (exact) mass is 462 g/mol. The molecule has 4 rings (SSSR count). The summed E-state index contributed by atoms with van der Waals surface area (Å²) in [5.74, 6) is 0.0729. The minimum Gasteiger partial charge on any atom is -0.495 e. The lowest BCUT2D eigenvalue weighted by Crippen LogP contribution is -2.15. The first-order valence-corrected chi connectivity index (χ1v) is 11.5. The zero-order valence-electron chi connectivity index (χ0n) is 17.8. The second-order valence-electron chi connectivity index (χ2n) is 7.22. The average Bonchev–Trinajstić information content (AvgIpc) is 3.32. The summed E-state index contributed by atoms with van der Waals surface area (Å²) in [4.78, 5) is 16.7. The summed E-state index contributed by atoms with van der Waals surface area (Å²) in [5, 5.41) is 2.85. The van der Waals surface area contributed by atoms with Gasteiger partial charge in [-0.05, 0) is 54.1 Å². The maximum atomic E-state index is 12.7. The Labute approximate surface area is 191 Å². The van der Waals surface area contributed by atoms with Crippen LogP contribution in [0.25, 0.3) is 0 Å². The van der Waals surface area contributed by atoms with Crippen molar-refractivity contribution in [3.05, 3.63) is 103 Å². The Hall–Kier alpha value is -4.11. The van der Waals surface area contributed by atoms with Crippen LogP contribution in [0, 0.1) is 0 Å². The average molecular weight is 463 g/mol. The molecule has 0 saturated heterocycles. The number of rotatable bonds is 8. The topological polar surface area (TPSA) is 102 Å². The Morgan fingerprint density at radius 3 is 2.55 bits per heavy atom. The standard InChI is InChI=1S/C24H22N4O4S/c1-32-23-8-3-2-7-22(23)27-33(30,31)21-11-9-19(10-12-21)24(29)26-20-6-4-5-18(15-20)16-28-14-13-25-17-28/h2-15,17,27H,16H2,1H3,(H,26,29). The van der Waals surface area contributed by atoms with Gasteiger partial charge in [0.2, 0.25) is 0 Å². The number of carbonyl (C=O) groups excluding carboxylic acids is 1. The molecule has 0 atom stereocenters. The summed E-state index contributed by atoms with van der Waals surface area (Å²) in [7, 11) is -2.38. The van der Waals surface area contributed by atoms with Crippen molar-refractivity contribution in [1.29, 1.82) is 0 Å². The molecule has 33 heavy (non-hydrogen) atoms. The van der Waals surface area contributed by atoms with E-state index in [1.165, 1.54) is 31.4 Å². The highest BCUT2D eigenvalue weighted by Gasteiger charge is 2.17. The first kappa shape index (κ1) is 22.1. The SMILES string of the molecule is COc1ccccc1NS(=O)(=O)c1ccc(C(=O)Nc2cccc(Cn3ccnc3)c2)cc1. The number of imidazole rings is 1. The largest absolute Gasteiger partial charge is 0.495 e. The van der Waals surface area contributed by atoms with E-state index in [2.05, 4.69) is 15.0 Å². The van der Waals surface area contributed by atoms with E-state index in [-0.39, 0.29) is 10.8 Å². The lowest BCUT2D eigenvalue weighted by atomic mass is 10.1. The van der Waals surface area contributed by atoms with Crippen molar-refractivity contribution in [2.45, 2.75) is 11.4 Å². The molecule has 0 radical (unpaired) electrons. The van der Waals surface area contributed by atoms with Gasteiger partial charge in [0.15, 0.2) is 0 Å². The minimum atomic E-state index is -3.85. The fourth-order valence-corrected chi connectivity index (χ4v) is 4.33. The van der Waals surface area contributed by atoms with E-state index in [1.54, 1.807) is 42.9 Å². The fourth-order valence-electron chi connectivity index (χ4n) is 3.26. The second-order valence-corrected chi connectivity index (χ2v) is 8.90. The Balaban J connectivity index is 1.45. The molecule has 1 amide bonds. The van der Waals surface area contributed by atoms with Crippen molar-refractivity contribution in [2.75, 3.05) is 17.1 Å². The number of benzene rings is 3. The van der Waals surface area contributed by atoms with E-state index in [4.69, 9.17) is 4.74 Å². The van der Waals surface area contributed by atoms with E-state index in [9.17, 15) is 13.2 Å². The van der Waals surface area contributed by atoms with Crippen molar-refractivity contribution in [3.63, 3.8) is 0 Å². The molecule has 0 fully saturated rings. The van der Waals surface area contributed by atoms with E-state index in [0.717, 1.165) is 5.56 Å². The number of hydrogen-bond donors (Lipinski definition) is 2. The van der Waals surface area contributed by atoms with Gasteiger partial charge in [0.05, 0.1) is 24.0 Å². The minimum absolute atomic E-state index is 0.0345. The Morgan fingerprint density at radius 2 is 1.82 bits per heavy atom. The lowest BCUT2D eigenvalue weighted by molar-refractivity contribution is 0.102. The third-order valence-corrected chi connectivity index (χ3v) is 6.27. The summed E-state index contributed by atoms with van der Waals surface area (Å²) in [6.07, 6.45) is 5.30. The van der Waals surface area contributed by atoms with E-state index in [1.807, 2.05) is 29.0 Å². The van der Waals surface area contributed by atoms with Crippen LogP contribution < -0.4 is 14.8 Å². The maximum Gasteiger partial charge on any atom is 0.262 e. The summed E-state index contributed by atoms with van der Waals surface area (Å²) >= 11 is 0. The molecule has 2 N–H and O–H groups in total. The van der Waals surface area contributed by atoms with Crippen molar-refractivity contribution in [3.8, 4) is 5.75 Å². The maximum absolute atomic E-state index is 12.7. The number of nitrogens with one attached hydrogen (secondary N) is 2. The van der Waals surface area contributed by atoms with Gasteiger partial charge in [-0.25, -0.2) is 13.4 Å². The molecule has 0 spiro atoms. The molecule has 3 aromatic carbocycles. The summed E-state index contributed by atoms with van der Waals surface area (Å²) < 4.78 is 35.1. The van der Waals surface area contributed by atoms with E-state index in [0.29, 0.717) is 29.2 Å².